The zero-order chi connectivity index (χ0) is 19.7. The molecular weight excluding hydrogens is 340 g/mol. The average Bonchev–Trinajstić information content (AvgIpc) is 2.89. The summed E-state index contributed by atoms with van der Waals surface area (Å²) in [5.74, 6) is 1.90. The first-order chi connectivity index (χ1) is 12.7. The molecule has 27 heavy (non-hydrogen) atoms. The fourth-order valence-corrected chi connectivity index (χ4v) is 4.69. The Morgan fingerprint density at radius 2 is 1.85 bits per heavy atom. The molecule has 0 radical (unpaired) electrons. The van der Waals surface area contributed by atoms with Crippen molar-refractivity contribution in [1.29, 1.82) is 0 Å². The standard InChI is InChI=1S/C21H38N4O2/c1-16-18(19(24(5)23-16)25-10-12-27-13-11-25)14-22-15-21(26)8-6-17(7-9-21)20(2,3)4/h17,22,26H,6-15H2,1-5H3. The van der Waals surface area contributed by atoms with E-state index in [1.807, 2.05) is 11.7 Å². The number of anilines is 1. The van der Waals surface area contributed by atoms with Crippen molar-refractivity contribution in [3.05, 3.63) is 11.3 Å². The summed E-state index contributed by atoms with van der Waals surface area (Å²) in [5.41, 5.74) is 2.08. The summed E-state index contributed by atoms with van der Waals surface area (Å²) in [7, 11) is 2.02. The molecule has 0 spiro atoms. The Morgan fingerprint density at radius 3 is 2.44 bits per heavy atom. The summed E-state index contributed by atoms with van der Waals surface area (Å²) in [6, 6.07) is 0. The molecule has 6 heteroatoms. The van der Waals surface area contributed by atoms with Crippen molar-refractivity contribution in [3.8, 4) is 0 Å². The lowest BCUT2D eigenvalue weighted by Gasteiger charge is -2.41. The van der Waals surface area contributed by atoms with Gasteiger partial charge in [0.15, 0.2) is 0 Å². The fourth-order valence-electron chi connectivity index (χ4n) is 4.69. The first-order valence-corrected chi connectivity index (χ1v) is 10.5. The van der Waals surface area contributed by atoms with Gasteiger partial charge in [-0.05, 0) is 43.9 Å². The van der Waals surface area contributed by atoms with E-state index in [4.69, 9.17) is 4.74 Å². The molecule has 3 rings (SSSR count). The Hall–Kier alpha value is -1.11. The van der Waals surface area contributed by atoms with Gasteiger partial charge in [-0.3, -0.25) is 4.68 Å². The molecule has 2 fully saturated rings. The number of morpholine rings is 1. The van der Waals surface area contributed by atoms with Crippen molar-refractivity contribution in [1.82, 2.24) is 15.1 Å². The number of rotatable bonds is 5. The summed E-state index contributed by atoms with van der Waals surface area (Å²) in [4.78, 5) is 2.36. The molecule has 0 bridgehead atoms. The van der Waals surface area contributed by atoms with Crippen molar-refractivity contribution in [2.75, 3.05) is 37.7 Å². The van der Waals surface area contributed by atoms with Crippen LogP contribution in [0.25, 0.3) is 0 Å². The van der Waals surface area contributed by atoms with Crippen LogP contribution in [0.2, 0.25) is 0 Å². The molecule has 2 N–H and O–H groups in total. The van der Waals surface area contributed by atoms with E-state index in [0.29, 0.717) is 17.9 Å². The normalized spacial score (nSPS) is 27.2. The molecule has 1 aromatic rings. The number of aromatic nitrogens is 2. The first kappa shape index (κ1) is 20.6. The van der Waals surface area contributed by atoms with Gasteiger partial charge >= 0.3 is 0 Å². The first-order valence-electron chi connectivity index (χ1n) is 10.5. The van der Waals surface area contributed by atoms with Crippen molar-refractivity contribution in [2.24, 2.45) is 18.4 Å². The Balaban J connectivity index is 1.58. The van der Waals surface area contributed by atoms with Crippen molar-refractivity contribution < 1.29 is 9.84 Å². The van der Waals surface area contributed by atoms with Gasteiger partial charge in [0, 0.05) is 38.8 Å². The van der Waals surface area contributed by atoms with Crippen LogP contribution >= 0.6 is 0 Å². The van der Waals surface area contributed by atoms with Gasteiger partial charge in [0.2, 0.25) is 0 Å². The van der Waals surface area contributed by atoms with Gasteiger partial charge in [-0.25, -0.2) is 0 Å². The zero-order valence-electron chi connectivity index (χ0n) is 17.8. The Labute approximate surface area is 164 Å². The minimum absolute atomic E-state index is 0.342. The lowest BCUT2D eigenvalue weighted by atomic mass is 9.68. The van der Waals surface area contributed by atoms with Crippen molar-refractivity contribution in [2.45, 2.75) is 65.5 Å². The second-order valence-electron chi connectivity index (χ2n) is 9.58. The summed E-state index contributed by atoms with van der Waals surface area (Å²) in [6.07, 6.45) is 4.02. The summed E-state index contributed by atoms with van der Waals surface area (Å²) >= 11 is 0. The second-order valence-corrected chi connectivity index (χ2v) is 9.58. The molecular formula is C21H38N4O2. The van der Waals surface area contributed by atoms with E-state index in [9.17, 15) is 5.11 Å². The third-order valence-electron chi connectivity index (χ3n) is 6.52. The van der Waals surface area contributed by atoms with Crippen LogP contribution in [0.3, 0.4) is 0 Å². The van der Waals surface area contributed by atoms with E-state index in [-0.39, 0.29) is 0 Å². The molecule has 1 aromatic heterocycles. The van der Waals surface area contributed by atoms with E-state index in [1.165, 1.54) is 11.4 Å². The second kappa shape index (κ2) is 8.10. The van der Waals surface area contributed by atoms with Gasteiger partial charge < -0.3 is 20.1 Å². The molecule has 0 aromatic carbocycles. The SMILES string of the molecule is Cc1nn(C)c(N2CCOCC2)c1CNCC1(O)CCC(C(C)(C)C)CC1. The van der Waals surface area contributed by atoms with Crippen LogP contribution in [0.15, 0.2) is 0 Å². The zero-order valence-corrected chi connectivity index (χ0v) is 17.8. The van der Waals surface area contributed by atoms with E-state index in [0.717, 1.165) is 64.2 Å². The molecule has 1 saturated carbocycles. The molecule has 2 heterocycles. The summed E-state index contributed by atoms with van der Waals surface area (Å²) < 4.78 is 7.48. The number of nitrogens with zero attached hydrogens (tertiary/aromatic N) is 3. The van der Waals surface area contributed by atoms with Crippen LogP contribution in [0.1, 0.15) is 57.7 Å². The van der Waals surface area contributed by atoms with Crippen molar-refractivity contribution >= 4 is 5.82 Å². The van der Waals surface area contributed by atoms with Gasteiger partial charge in [-0.2, -0.15) is 5.10 Å². The summed E-state index contributed by atoms with van der Waals surface area (Å²) in [5, 5.41) is 19.2. The molecule has 1 aliphatic heterocycles. The smallest absolute Gasteiger partial charge is 0.131 e. The third-order valence-corrected chi connectivity index (χ3v) is 6.52. The summed E-state index contributed by atoms with van der Waals surface area (Å²) in [6.45, 7) is 13.8. The maximum Gasteiger partial charge on any atom is 0.131 e. The highest BCUT2D eigenvalue weighted by Gasteiger charge is 2.37. The monoisotopic (exact) mass is 378 g/mol. The topological polar surface area (TPSA) is 62.5 Å². The van der Waals surface area contributed by atoms with Crippen LogP contribution in [0, 0.1) is 18.3 Å². The van der Waals surface area contributed by atoms with Gasteiger partial charge in [0.1, 0.15) is 5.82 Å². The van der Waals surface area contributed by atoms with Crippen LogP contribution in [-0.2, 0) is 18.3 Å². The van der Waals surface area contributed by atoms with Crippen molar-refractivity contribution in [3.63, 3.8) is 0 Å². The molecule has 6 nitrogen and oxygen atoms in total. The minimum Gasteiger partial charge on any atom is -0.389 e. The van der Waals surface area contributed by atoms with Gasteiger partial charge in [-0.1, -0.05) is 20.8 Å². The molecule has 1 saturated heterocycles. The van der Waals surface area contributed by atoms with Crippen LogP contribution in [-0.4, -0.2) is 53.3 Å². The number of aliphatic hydroxyl groups is 1. The fraction of sp³-hybridized carbons (Fsp3) is 0.857. The number of ether oxygens (including phenoxy) is 1. The van der Waals surface area contributed by atoms with E-state index in [2.05, 4.69) is 43.0 Å². The largest absolute Gasteiger partial charge is 0.389 e. The minimum atomic E-state index is -0.572. The average molecular weight is 379 g/mol. The predicted molar refractivity (Wildman–Crippen MR) is 109 cm³/mol. The number of aryl methyl sites for hydroxylation is 2. The van der Waals surface area contributed by atoms with Crippen LogP contribution in [0.4, 0.5) is 5.82 Å². The Bertz CT molecular complexity index is 621. The highest BCUT2D eigenvalue weighted by molar-refractivity contribution is 5.50. The van der Waals surface area contributed by atoms with Gasteiger partial charge in [-0.15, -0.1) is 0 Å². The van der Waals surface area contributed by atoms with E-state index in [1.54, 1.807) is 0 Å². The number of hydrogen-bond donors (Lipinski definition) is 2. The maximum absolute atomic E-state index is 11.0. The molecule has 1 aliphatic carbocycles. The van der Waals surface area contributed by atoms with E-state index < -0.39 is 5.60 Å². The number of nitrogens with one attached hydrogen (secondary N) is 1. The Kier molecular flexibility index (Phi) is 6.18. The van der Waals surface area contributed by atoms with Gasteiger partial charge in [0.25, 0.3) is 0 Å². The lowest BCUT2D eigenvalue weighted by molar-refractivity contribution is -0.0239. The molecule has 2 aliphatic rings. The maximum atomic E-state index is 11.0. The molecule has 154 valence electrons. The van der Waals surface area contributed by atoms with Gasteiger partial charge in [0.05, 0.1) is 24.5 Å². The highest BCUT2D eigenvalue weighted by atomic mass is 16.5. The van der Waals surface area contributed by atoms with Crippen LogP contribution < -0.4 is 10.2 Å². The third kappa shape index (κ3) is 4.84. The number of hydrogen-bond acceptors (Lipinski definition) is 5. The lowest BCUT2D eigenvalue weighted by Crippen LogP contribution is -2.45. The highest BCUT2D eigenvalue weighted by Crippen LogP contribution is 2.41. The van der Waals surface area contributed by atoms with Crippen LogP contribution in [0.5, 0.6) is 0 Å². The predicted octanol–water partition coefficient (Wildman–Crippen LogP) is 2.62. The molecule has 0 atom stereocenters. The quantitative estimate of drug-likeness (QED) is 0.825. The van der Waals surface area contributed by atoms with E-state index >= 15 is 0 Å². The molecule has 0 amide bonds. The Morgan fingerprint density at radius 1 is 1.22 bits per heavy atom. The molecule has 0 unspecified atom stereocenters.